The summed E-state index contributed by atoms with van der Waals surface area (Å²) in [5.41, 5.74) is 0.265. The number of hydrogen-bond donors (Lipinski definition) is 2. The molecule has 2 unspecified atom stereocenters. The predicted molar refractivity (Wildman–Crippen MR) is 80.8 cm³/mol. The highest BCUT2D eigenvalue weighted by molar-refractivity contribution is 5.76. The van der Waals surface area contributed by atoms with Gasteiger partial charge in [0.05, 0.1) is 19.3 Å². The normalized spacial score (nSPS) is 18.0. The summed E-state index contributed by atoms with van der Waals surface area (Å²) in [5, 5.41) is 13.1. The monoisotopic (exact) mass is 310 g/mol. The van der Waals surface area contributed by atoms with Crippen LogP contribution in [0.5, 0.6) is 0 Å². The van der Waals surface area contributed by atoms with E-state index in [1.54, 1.807) is 23.1 Å². The number of benzene rings is 1. The lowest BCUT2D eigenvalue weighted by Gasteiger charge is -2.28. The Morgan fingerprint density at radius 3 is 2.77 bits per heavy atom. The van der Waals surface area contributed by atoms with Gasteiger partial charge in [0.1, 0.15) is 5.82 Å². The van der Waals surface area contributed by atoms with Crippen LogP contribution < -0.4 is 5.32 Å². The molecule has 1 aromatic rings. The summed E-state index contributed by atoms with van der Waals surface area (Å²) in [7, 11) is 0. The van der Waals surface area contributed by atoms with E-state index in [1.165, 1.54) is 6.07 Å². The van der Waals surface area contributed by atoms with Gasteiger partial charge in [-0.05, 0) is 13.0 Å². The topological polar surface area (TPSA) is 61.8 Å². The smallest absolute Gasteiger partial charge is 0.224 e. The van der Waals surface area contributed by atoms with Crippen LogP contribution in [0.25, 0.3) is 0 Å². The molecule has 1 aromatic carbocycles. The van der Waals surface area contributed by atoms with Gasteiger partial charge in [-0.1, -0.05) is 18.2 Å². The molecule has 22 heavy (non-hydrogen) atoms. The van der Waals surface area contributed by atoms with Gasteiger partial charge in [-0.25, -0.2) is 4.39 Å². The van der Waals surface area contributed by atoms with E-state index in [9.17, 15) is 14.3 Å². The molecule has 1 aliphatic heterocycles. The summed E-state index contributed by atoms with van der Waals surface area (Å²) in [6, 6.07) is 6.07. The number of halogens is 1. The zero-order chi connectivity index (χ0) is 15.9. The van der Waals surface area contributed by atoms with Crippen LogP contribution in [-0.2, 0) is 9.53 Å². The maximum atomic E-state index is 13.6. The second kappa shape index (κ2) is 8.22. The number of morpholine rings is 1. The lowest BCUT2D eigenvalue weighted by atomic mass is 10.1. The molecular weight excluding hydrogens is 287 g/mol. The van der Waals surface area contributed by atoms with Crippen molar-refractivity contribution in [1.82, 2.24) is 10.2 Å². The van der Waals surface area contributed by atoms with Gasteiger partial charge < -0.3 is 20.1 Å². The summed E-state index contributed by atoms with van der Waals surface area (Å²) in [5.74, 6) is -0.350. The fraction of sp³-hybridized carbons (Fsp3) is 0.562. The molecule has 1 saturated heterocycles. The summed E-state index contributed by atoms with van der Waals surface area (Å²) < 4.78 is 18.8. The Labute approximate surface area is 130 Å². The number of carbonyl (C=O) groups excluding carboxylic acids is 1. The first-order valence-electron chi connectivity index (χ1n) is 7.59. The van der Waals surface area contributed by atoms with Crippen LogP contribution in [-0.4, -0.2) is 54.8 Å². The molecule has 0 saturated carbocycles. The molecule has 1 heterocycles. The molecule has 1 amide bonds. The van der Waals surface area contributed by atoms with E-state index in [0.29, 0.717) is 32.7 Å². The first-order chi connectivity index (χ1) is 10.6. The van der Waals surface area contributed by atoms with Crippen molar-refractivity contribution < 1.29 is 19.0 Å². The Hall–Kier alpha value is -1.50. The maximum absolute atomic E-state index is 13.6. The molecule has 0 radical (unpaired) electrons. The Kier molecular flexibility index (Phi) is 6.30. The van der Waals surface area contributed by atoms with Crippen LogP contribution in [0.1, 0.15) is 25.0 Å². The van der Waals surface area contributed by atoms with Gasteiger partial charge in [-0.2, -0.15) is 0 Å². The third-order valence-electron chi connectivity index (χ3n) is 3.77. The van der Waals surface area contributed by atoms with Gasteiger partial charge in [0.15, 0.2) is 0 Å². The zero-order valence-corrected chi connectivity index (χ0v) is 12.8. The third kappa shape index (κ3) is 4.76. The van der Waals surface area contributed by atoms with Crippen molar-refractivity contribution in [3.8, 4) is 0 Å². The molecule has 122 valence electrons. The van der Waals surface area contributed by atoms with Crippen molar-refractivity contribution in [2.24, 2.45) is 0 Å². The van der Waals surface area contributed by atoms with Gasteiger partial charge in [0.2, 0.25) is 5.91 Å². The molecule has 2 N–H and O–H groups in total. The average molecular weight is 310 g/mol. The number of nitrogens with one attached hydrogen (secondary N) is 1. The fourth-order valence-electron chi connectivity index (χ4n) is 2.44. The van der Waals surface area contributed by atoms with E-state index >= 15 is 0 Å². The Morgan fingerprint density at radius 1 is 1.41 bits per heavy atom. The minimum Gasteiger partial charge on any atom is -0.387 e. The molecule has 0 bridgehead atoms. The second-order valence-corrected chi connectivity index (χ2v) is 5.54. The van der Waals surface area contributed by atoms with Crippen LogP contribution in [0.3, 0.4) is 0 Å². The number of carbonyl (C=O) groups is 1. The van der Waals surface area contributed by atoms with E-state index in [-0.39, 0.29) is 24.1 Å². The summed E-state index contributed by atoms with van der Waals surface area (Å²) in [6.45, 7) is 4.51. The van der Waals surface area contributed by atoms with Crippen LogP contribution in [0.2, 0.25) is 0 Å². The van der Waals surface area contributed by atoms with E-state index < -0.39 is 11.9 Å². The molecule has 0 aliphatic carbocycles. The van der Waals surface area contributed by atoms with E-state index in [0.717, 1.165) is 0 Å². The first-order valence-corrected chi connectivity index (χ1v) is 7.59. The largest absolute Gasteiger partial charge is 0.387 e. The lowest BCUT2D eigenvalue weighted by molar-refractivity contribution is -0.135. The van der Waals surface area contributed by atoms with Crippen molar-refractivity contribution in [1.29, 1.82) is 0 Å². The van der Waals surface area contributed by atoms with Gasteiger partial charge in [0, 0.05) is 37.7 Å². The van der Waals surface area contributed by atoms with Crippen molar-refractivity contribution in [2.75, 3.05) is 32.8 Å². The molecule has 2 atom stereocenters. The van der Waals surface area contributed by atoms with Crippen molar-refractivity contribution in [2.45, 2.75) is 25.5 Å². The molecule has 0 spiro atoms. The van der Waals surface area contributed by atoms with Crippen molar-refractivity contribution in [3.63, 3.8) is 0 Å². The van der Waals surface area contributed by atoms with Crippen molar-refractivity contribution >= 4 is 5.91 Å². The highest BCUT2D eigenvalue weighted by Crippen LogP contribution is 2.16. The van der Waals surface area contributed by atoms with Gasteiger partial charge in [-0.15, -0.1) is 0 Å². The molecule has 0 aromatic heterocycles. The Bertz CT molecular complexity index is 492. The molecular formula is C16H23FN2O3. The van der Waals surface area contributed by atoms with Gasteiger partial charge >= 0.3 is 0 Å². The highest BCUT2D eigenvalue weighted by atomic mass is 19.1. The Morgan fingerprint density at radius 2 is 2.09 bits per heavy atom. The standard InChI is InChI=1S/C16H23FN2O3/c1-12(10-16(21)19-6-8-22-9-7-19)18-11-15(20)13-4-2-3-5-14(13)17/h2-5,12,15,18,20H,6-11H2,1H3. The maximum Gasteiger partial charge on any atom is 0.224 e. The second-order valence-electron chi connectivity index (χ2n) is 5.54. The van der Waals surface area contributed by atoms with E-state index in [4.69, 9.17) is 4.74 Å². The van der Waals surface area contributed by atoms with Crippen LogP contribution in [0, 0.1) is 5.82 Å². The predicted octanol–water partition coefficient (Wildman–Crippen LogP) is 1.09. The quantitative estimate of drug-likeness (QED) is 0.825. The minimum atomic E-state index is -0.929. The number of aliphatic hydroxyl groups excluding tert-OH is 1. The zero-order valence-electron chi connectivity index (χ0n) is 12.8. The number of rotatable bonds is 6. The fourth-order valence-corrected chi connectivity index (χ4v) is 2.44. The Balaban J connectivity index is 1.76. The summed E-state index contributed by atoms with van der Waals surface area (Å²) in [4.78, 5) is 13.9. The molecule has 5 nitrogen and oxygen atoms in total. The van der Waals surface area contributed by atoms with E-state index in [1.807, 2.05) is 6.92 Å². The van der Waals surface area contributed by atoms with Gasteiger partial charge in [0.25, 0.3) is 0 Å². The average Bonchev–Trinajstić information content (AvgIpc) is 2.54. The summed E-state index contributed by atoms with van der Waals surface area (Å²) >= 11 is 0. The highest BCUT2D eigenvalue weighted by Gasteiger charge is 2.20. The minimum absolute atomic E-state index is 0.0729. The number of hydrogen-bond acceptors (Lipinski definition) is 4. The molecule has 1 fully saturated rings. The number of ether oxygens (including phenoxy) is 1. The van der Waals surface area contributed by atoms with Crippen LogP contribution in [0.15, 0.2) is 24.3 Å². The third-order valence-corrected chi connectivity index (χ3v) is 3.77. The molecule has 6 heteroatoms. The number of nitrogens with zero attached hydrogens (tertiary/aromatic N) is 1. The first kappa shape index (κ1) is 16.9. The molecule has 1 aliphatic rings. The number of amides is 1. The van der Waals surface area contributed by atoms with Gasteiger partial charge in [-0.3, -0.25) is 4.79 Å². The number of aliphatic hydroxyl groups is 1. The molecule has 2 rings (SSSR count). The van der Waals surface area contributed by atoms with E-state index in [2.05, 4.69) is 5.32 Å². The van der Waals surface area contributed by atoms with Crippen molar-refractivity contribution in [3.05, 3.63) is 35.6 Å². The SMILES string of the molecule is CC(CC(=O)N1CCOCC1)NCC(O)c1ccccc1F. The lowest BCUT2D eigenvalue weighted by Crippen LogP contribution is -2.43. The van der Waals surface area contributed by atoms with Crippen LogP contribution >= 0.6 is 0 Å². The summed E-state index contributed by atoms with van der Waals surface area (Å²) in [6.07, 6.45) is -0.577. The van der Waals surface area contributed by atoms with Crippen LogP contribution in [0.4, 0.5) is 4.39 Å².